The summed E-state index contributed by atoms with van der Waals surface area (Å²) in [6, 6.07) is 0. The minimum Gasteiger partial charge on any atom is -0.490 e. The van der Waals surface area contributed by atoms with E-state index in [-0.39, 0.29) is 42.3 Å². The summed E-state index contributed by atoms with van der Waals surface area (Å²) in [6.07, 6.45) is 2.20. The van der Waals surface area contributed by atoms with Crippen molar-refractivity contribution in [1.82, 2.24) is 0 Å². The molecular formula is C46H75NO14. The SMILES string of the molecule is CC=CC1O[C@](O)(C(C)C(O)C(C)C2OC(=O)C(OC)=CC(C)=CC(C)C(O)C(CC)C(O)C(C)CC(C)=CC=CC2OC)CC(OC2CC(O)C(OC(N)=O)C(C)O2)C1C. The van der Waals surface area contributed by atoms with Gasteiger partial charge in [-0.25, -0.2) is 9.59 Å². The molecule has 0 aromatic heterocycles. The number of aliphatic hydroxyl groups is 5. The van der Waals surface area contributed by atoms with Crippen LogP contribution in [0.3, 0.4) is 0 Å². The summed E-state index contributed by atoms with van der Waals surface area (Å²) < 4.78 is 41.4. The molecule has 0 saturated carbocycles. The Hall–Kier alpha value is -3.12. The van der Waals surface area contributed by atoms with Crippen molar-refractivity contribution in [3.8, 4) is 0 Å². The maximum Gasteiger partial charge on any atom is 0.404 e. The number of carbonyl (C=O) groups is 2. The number of nitrogens with two attached hydrogens (primary N) is 1. The maximum atomic E-state index is 13.9. The molecule has 3 aliphatic rings. The highest BCUT2D eigenvalue weighted by Gasteiger charge is 2.52. The van der Waals surface area contributed by atoms with Crippen molar-refractivity contribution in [3.05, 3.63) is 59.4 Å². The number of aliphatic hydroxyl groups excluding tert-OH is 4. The Morgan fingerprint density at radius 1 is 1.10 bits per heavy atom. The number of hydrogen-bond acceptors (Lipinski definition) is 14. The molecule has 7 N–H and O–H groups in total. The predicted octanol–water partition coefficient (Wildman–Crippen LogP) is 4.98. The second kappa shape index (κ2) is 23.5. The molecule has 18 atom stereocenters. The van der Waals surface area contributed by atoms with Gasteiger partial charge >= 0.3 is 12.1 Å². The molecule has 3 heterocycles. The average Bonchev–Trinajstić information content (AvgIpc) is 3.19. The lowest BCUT2D eigenvalue weighted by Gasteiger charge is -2.49. The third-order valence-electron chi connectivity index (χ3n) is 12.8. The van der Waals surface area contributed by atoms with Gasteiger partial charge in [0.05, 0.1) is 49.8 Å². The molecule has 15 nitrogen and oxygen atoms in total. The van der Waals surface area contributed by atoms with Crippen molar-refractivity contribution in [2.24, 2.45) is 41.2 Å². The minimum absolute atomic E-state index is 0.0313. The summed E-state index contributed by atoms with van der Waals surface area (Å²) in [4.78, 5) is 25.4. The summed E-state index contributed by atoms with van der Waals surface area (Å²) in [5.74, 6) is -6.00. The number of ether oxygens (including phenoxy) is 7. The highest BCUT2D eigenvalue weighted by molar-refractivity contribution is 5.87. The summed E-state index contributed by atoms with van der Waals surface area (Å²) in [5.41, 5.74) is 6.78. The molecule has 15 heteroatoms. The lowest BCUT2D eigenvalue weighted by Crippen LogP contribution is -2.59. The molecule has 61 heavy (non-hydrogen) atoms. The molecule has 348 valence electrons. The normalized spacial score (nSPS) is 39.1. The fourth-order valence-corrected chi connectivity index (χ4v) is 8.94. The molecule has 3 rings (SSSR count). The molecule has 0 radical (unpaired) electrons. The van der Waals surface area contributed by atoms with Crippen molar-refractivity contribution in [3.63, 3.8) is 0 Å². The first-order valence-electron chi connectivity index (χ1n) is 21.7. The van der Waals surface area contributed by atoms with E-state index in [1.807, 2.05) is 53.7 Å². The minimum atomic E-state index is -1.97. The standard InChI is InChI=1S/C46H75NO14/c1-13-16-34-28(7)37(58-38-22-33(48)43(31(10)57-38)60-45(47)53)23-46(54,61-34)30(9)41(51)29(8)42-35(55-11)18-15-17-24(3)19-26(5)39(49)32(14-2)40(50)27(6)20-25(4)21-36(56-12)44(52)59-42/h13,15-18,20-21,26-35,37-43,48-51,54H,14,19,22-23H2,1-12H3,(H2,47,53)/t26?,27?,28?,29?,30?,31?,32?,33?,34?,35?,37?,38?,39?,40?,41?,42?,43?,46-/m0/s1. The van der Waals surface area contributed by atoms with Gasteiger partial charge in [0, 0.05) is 49.5 Å². The number of rotatable bonds is 11. The molecule has 2 saturated heterocycles. The van der Waals surface area contributed by atoms with Gasteiger partial charge in [0.25, 0.3) is 0 Å². The van der Waals surface area contributed by atoms with E-state index < -0.39 is 97.0 Å². The zero-order chi connectivity index (χ0) is 45.9. The number of primary amides is 1. The number of carbonyl (C=O) groups excluding carboxylic acids is 2. The monoisotopic (exact) mass is 866 g/mol. The second-order valence-corrected chi connectivity index (χ2v) is 17.5. The molecule has 2 fully saturated rings. The van der Waals surface area contributed by atoms with Crippen LogP contribution in [-0.4, -0.2) is 125 Å². The van der Waals surface area contributed by atoms with Gasteiger partial charge in [0.15, 0.2) is 18.2 Å². The van der Waals surface area contributed by atoms with Crippen LogP contribution < -0.4 is 5.73 Å². The Labute approximate surface area is 362 Å². The lowest BCUT2D eigenvalue weighted by atomic mass is 9.77. The van der Waals surface area contributed by atoms with Gasteiger partial charge < -0.3 is 64.4 Å². The van der Waals surface area contributed by atoms with E-state index in [0.717, 1.165) is 5.57 Å². The van der Waals surface area contributed by atoms with Crippen molar-refractivity contribution >= 4 is 12.1 Å². The van der Waals surface area contributed by atoms with Crippen molar-refractivity contribution in [2.45, 2.75) is 168 Å². The van der Waals surface area contributed by atoms with Gasteiger partial charge in [-0.15, -0.1) is 0 Å². The number of allylic oxidation sites excluding steroid dienone is 6. The first kappa shape index (κ1) is 52.2. The van der Waals surface area contributed by atoms with Crippen LogP contribution in [0.1, 0.15) is 94.9 Å². The number of esters is 1. The van der Waals surface area contributed by atoms with Crippen LogP contribution in [0.25, 0.3) is 0 Å². The van der Waals surface area contributed by atoms with Gasteiger partial charge in [0.1, 0.15) is 12.2 Å². The highest BCUT2D eigenvalue weighted by Crippen LogP contribution is 2.42. The maximum absolute atomic E-state index is 13.9. The second-order valence-electron chi connectivity index (χ2n) is 17.5. The zero-order valence-corrected chi connectivity index (χ0v) is 38.2. The fourth-order valence-electron chi connectivity index (χ4n) is 8.94. The smallest absolute Gasteiger partial charge is 0.404 e. The van der Waals surface area contributed by atoms with Gasteiger partial charge in [-0.05, 0) is 52.5 Å². The van der Waals surface area contributed by atoms with Crippen LogP contribution in [0.15, 0.2) is 59.4 Å². The van der Waals surface area contributed by atoms with E-state index in [1.54, 1.807) is 52.0 Å². The Balaban J connectivity index is 2.00. The Morgan fingerprint density at radius 2 is 1.77 bits per heavy atom. The van der Waals surface area contributed by atoms with E-state index in [1.165, 1.54) is 20.3 Å². The van der Waals surface area contributed by atoms with Crippen LogP contribution in [0.5, 0.6) is 0 Å². The topological polar surface area (TPSA) is 226 Å². The average molecular weight is 866 g/mol. The first-order valence-corrected chi connectivity index (χ1v) is 21.7. The number of methoxy groups -OCH3 is 2. The number of amides is 1. The fraction of sp³-hybridized carbons (Fsp3) is 0.739. The summed E-state index contributed by atoms with van der Waals surface area (Å²) in [5, 5.41) is 58.0. The quantitative estimate of drug-likeness (QED) is 0.119. The molecule has 3 aliphatic heterocycles. The summed E-state index contributed by atoms with van der Waals surface area (Å²) >= 11 is 0. The van der Waals surface area contributed by atoms with E-state index in [9.17, 15) is 35.1 Å². The third kappa shape index (κ3) is 13.7. The number of cyclic esters (lactones) is 1. The van der Waals surface area contributed by atoms with Gasteiger partial charge in [-0.3, -0.25) is 0 Å². The molecule has 0 aromatic carbocycles. The molecular weight excluding hydrogens is 790 g/mol. The van der Waals surface area contributed by atoms with E-state index in [0.29, 0.717) is 18.4 Å². The van der Waals surface area contributed by atoms with E-state index in [2.05, 4.69) is 0 Å². The summed E-state index contributed by atoms with van der Waals surface area (Å²) in [7, 11) is 2.81. The molecule has 1 amide bonds. The lowest BCUT2D eigenvalue weighted by molar-refractivity contribution is -0.338. The first-order chi connectivity index (χ1) is 28.6. The van der Waals surface area contributed by atoms with Crippen molar-refractivity contribution in [2.75, 3.05) is 14.2 Å². The van der Waals surface area contributed by atoms with Gasteiger partial charge in [-0.2, -0.15) is 0 Å². The number of hydrogen-bond donors (Lipinski definition) is 6. The van der Waals surface area contributed by atoms with Crippen LogP contribution >= 0.6 is 0 Å². The van der Waals surface area contributed by atoms with E-state index in [4.69, 9.17) is 38.9 Å². The van der Waals surface area contributed by atoms with Crippen molar-refractivity contribution in [1.29, 1.82) is 0 Å². The molecule has 0 aliphatic carbocycles. The zero-order valence-electron chi connectivity index (χ0n) is 38.2. The van der Waals surface area contributed by atoms with Crippen LogP contribution in [0, 0.1) is 35.5 Å². The predicted molar refractivity (Wildman–Crippen MR) is 228 cm³/mol. The highest BCUT2D eigenvalue weighted by atomic mass is 16.7. The Kier molecular flexibility index (Phi) is 20.1. The van der Waals surface area contributed by atoms with Crippen LogP contribution in [-0.2, 0) is 38.0 Å². The van der Waals surface area contributed by atoms with Gasteiger partial charge in [-0.1, -0.05) is 89.1 Å². The van der Waals surface area contributed by atoms with Crippen LogP contribution in [0.4, 0.5) is 4.79 Å². The van der Waals surface area contributed by atoms with Crippen LogP contribution in [0.2, 0.25) is 0 Å². The molecule has 17 unspecified atom stereocenters. The largest absolute Gasteiger partial charge is 0.490 e. The molecule has 0 bridgehead atoms. The third-order valence-corrected chi connectivity index (χ3v) is 12.8. The van der Waals surface area contributed by atoms with Crippen molar-refractivity contribution < 1.29 is 68.3 Å². The molecule has 0 aromatic rings. The Bertz CT molecular complexity index is 1570. The summed E-state index contributed by atoms with van der Waals surface area (Å²) in [6.45, 7) is 18.2. The van der Waals surface area contributed by atoms with Gasteiger partial charge in [0.2, 0.25) is 5.76 Å². The molecule has 0 spiro atoms. The Morgan fingerprint density at radius 3 is 2.34 bits per heavy atom. The van der Waals surface area contributed by atoms with E-state index >= 15 is 0 Å².